The number of carboxylic acids is 1. The molecule has 2 rings (SSSR count). The molecule has 0 bridgehead atoms. The van der Waals surface area contributed by atoms with Gasteiger partial charge in [-0.3, -0.25) is 0 Å². The predicted molar refractivity (Wildman–Crippen MR) is 82.2 cm³/mol. The van der Waals surface area contributed by atoms with Crippen molar-refractivity contribution in [2.45, 2.75) is 14.4 Å². The van der Waals surface area contributed by atoms with Crippen molar-refractivity contribution in [2.24, 2.45) is 0 Å². The van der Waals surface area contributed by atoms with Gasteiger partial charge >= 0.3 is 5.97 Å². The summed E-state index contributed by atoms with van der Waals surface area (Å²) in [5.41, 5.74) is 0. The van der Waals surface area contributed by atoms with E-state index >= 15 is 0 Å². The minimum atomic E-state index is -0.928. The molecule has 19 heavy (non-hydrogen) atoms. The fourth-order valence-corrected chi connectivity index (χ4v) is 4.58. The normalized spacial score (nSPS) is 11.2. The number of thioether (sulfide) groups is 2. The first-order valence-electron chi connectivity index (χ1n) is 5.17. The lowest BCUT2D eigenvalue weighted by molar-refractivity contribution is -0.131. The first-order valence-corrected chi connectivity index (χ1v) is 9.01. The number of hydrogen-bond donors (Lipinski definition) is 1. The van der Waals surface area contributed by atoms with Gasteiger partial charge in [0.05, 0.1) is 0 Å². The van der Waals surface area contributed by atoms with E-state index in [1.54, 1.807) is 52.3 Å². The summed E-state index contributed by atoms with van der Waals surface area (Å²) in [4.78, 5) is 12.6. The maximum atomic E-state index is 10.4. The van der Waals surface area contributed by atoms with Crippen molar-refractivity contribution in [3.63, 3.8) is 0 Å². The molecule has 100 valence electrons. The van der Waals surface area contributed by atoms with E-state index in [9.17, 15) is 4.79 Å². The molecule has 1 N–H and O–H groups in total. The van der Waals surface area contributed by atoms with Gasteiger partial charge in [-0.2, -0.15) is 0 Å². The van der Waals surface area contributed by atoms with E-state index in [-0.39, 0.29) is 0 Å². The number of nitrogens with zero attached hydrogens (tertiary/aromatic N) is 2. The summed E-state index contributed by atoms with van der Waals surface area (Å²) in [6.45, 7) is 0. The molecule has 0 atom stereocenters. The molecule has 2 heterocycles. The zero-order valence-corrected chi connectivity index (χ0v) is 13.2. The summed E-state index contributed by atoms with van der Waals surface area (Å²) < 4.78 is 1.93. The number of carbonyl (C=O) groups is 1. The lowest BCUT2D eigenvalue weighted by Crippen LogP contribution is -1.84. The Morgan fingerprint density at radius 3 is 2.84 bits per heavy atom. The van der Waals surface area contributed by atoms with Crippen LogP contribution < -0.4 is 0 Å². The van der Waals surface area contributed by atoms with Crippen molar-refractivity contribution in [2.75, 3.05) is 6.26 Å². The maximum Gasteiger partial charge on any atom is 0.328 e. The SMILES string of the molecule is CSc1nnc(SCc2ccc(/C=C/C(=O)O)s2)s1. The monoisotopic (exact) mass is 330 g/mol. The van der Waals surface area contributed by atoms with Crippen molar-refractivity contribution >= 4 is 58.2 Å². The third-order valence-corrected chi connectivity index (χ3v) is 6.29. The average Bonchev–Trinajstić information content (AvgIpc) is 3.03. The average molecular weight is 330 g/mol. The summed E-state index contributed by atoms with van der Waals surface area (Å²) >= 11 is 6.42. The molecule has 8 heteroatoms. The second-order valence-corrected chi connectivity index (χ2v) is 7.76. The Morgan fingerprint density at radius 2 is 2.16 bits per heavy atom. The van der Waals surface area contributed by atoms with Gasteiger partial charge in [0.15, 0.2) is 8.68 Å². The Balaban J connectivity index is 1.91. The maximum absolute atomic E-state index is 10.4. The van der Waals surface area contributed by atoms with Crippen LogP contribution in [0.25, 0.3) is 6.08 Å². The molecule has 0 aliphatic rings. The molecule has 0 radical (unpaired) electrons. The van der Waals surface area contributed by atoms with Gasteiger partial charge in [0.1, 0.15) is 0 Å². The molecule has 0 fully saturated rings. The largest absolute Gasteiger partial charge is 0.478 e. The summed E-state index contributed by atoms with van der Waals surface area (Å²) in [5, 5.41) is 16.7. The van der Waals surface area contributed by atoms with E-state index < -0.39 is 5.97 Å². The summed E-state index contributed by atoms with van der Waals surface area (Å²) in [5.74, 6) is -0.100. The van der Waals surface area contributed by atoms with Crippen LogP contribution in [-0.4, -0.2) is 27.5 Å². The van der Waals surface area contributed by atoms with Crippen LogP contribution in [-0.2, 0) is 10.5 Å². The quantitative estimate of drug-likeness (QED) is 0.643. The Morgan fingerprint density at radius 1 is 1.37 bits per heavy atom. The number of thiophene rings is 1. The van der Waals surface area contributed by atoms with Crippen LogP contribution in [0.4, 0.5) is 0 Å². The van der Waals surface area contributed by atoms with Gasteiger partial charge in [0.2, 0.25) is 0 Å². The molecule has 0 aliphatic heterocycles. The second-order valence-electron chi connectivity index (χ2n) is 3.30. The Hall–Kier alpha value is -0.830. The van der Waals surface area contributed by atoms with E-state index in [1.807, 2.05) is 18.4 Å². The highest BCUT2D eigenvalue weighted by atomic mass is 32.2. The minimum absolute atomic E-state index is 0.828. The first-order chi connectivity index (χ1) is 9.17. The van der Waals surface area contributed by atoms with Crippen molar-refractivity contribution in [3.05, 3.63) is 28.0 Å². The molecule has 0 spiro atoms. The summed E-state index contributed by atoms with van der Waals surface area (Å²) in [6.07, 6.45) is 4.74. The highest BCUT2D eigenvalue weighted by molar-refractivity contribution is 8.02. The van der Waals surface area contributed by atoms with Gasteiger partial charge in [-0.05, 0) is 24.5 Å². The van der Waals surface area contributed by atoms with Crippen molar-refractivity contribution in [3.8, 4) is 0 Å². The number of aromatic nitrogens is 2. The molecule has 0 saturated carbocycles. The van der Waals surface area contributed by atoms with Gasteiger partial charge in [-0.15, -0.1) is 21.5 Å². The van der Waals surface area contributed by atoms with Gasteiger partial charge in [0, 0.05) is 21.6 Å². The Labute approximate surface area is 127 Å². The molecular formula is C11H10N2O2S4. The van der Waals surface area contributed by atoms with Crippen molar-refractivity contribution in [1.29, 1.82) is 0 Å². The lowest BCUT2D eigenvalue weighted by atomic mass is 10.4. The second kappa shape index (κ2) is 7.09. The van der Waals surface area contributed by atoms with Crippen LogP contribution in [0.5, 0.6) is 0 Å². The lowest BCUT2D eigenvalue weighted by Gasteiger charge is -1.92. The number of carboxylic acid groups (broad SMARTS) is 1. The standard InChI is InChI=1S/C11H10N2O2S4/c1-16-10-12-13-11(19-10)17-6-8-3-2-7(18-8)4-5-9(14)15/h2-5H,6H2,1H3,(H,14,15)/b5-4+. The van der Waals surface area contributed by atoms with E-state index in [0.29, 0.717) is 0 Å². The van der Waals surface area contributed by atoms with Crippen LogP contribution in [0.2, 0.25) is 0 Å². The van der Waals surface area contributed by atoms with Crippen molar-refractivity contribution in [1.82, 2.24) is 10.2 Å². The third-order valence-electron chi connectivity index (χ3n) is 1.97. The van der Waals surface area contributed by atoms with Gasteiger partial charge in [-0.25, -0.2) is 4.79 Å². The molecule has 0 saturated heterocycles. The molecule has 2 aromatic rings. The molecule has 0 aliphatic carbocycles. The number of aliphatic carboxylic acids is 1. The topological polar surface area (TPSA) is 63.1 Å². The number of hydrogen-bond acceptors (Lipinski definition) is 7. The molecule has 0 amide bonds. The fourth-order valence-electron chi connectivity index (χ4n) is 1.19. The van der Waals surface area contributed by atoms with E-state index in [0.717, 1.165) is 25.4 Å². The third kappa shape index (κ3) is 4.64. The number of rotatable bonds is 6. The van der Waals surface area contributed by atoms with Gasteiger partial charge in [-0.1, -0.05) is 34.9 Å². The van der Waals surface area contributed by atoms with E-state index in [1.165, 1.54) is 4.88 Å². The minimum Gasteiger partial charge on any atom is -0.478 e. The van der Waals surface area contributed by atoms with E-state index in [2.05, 4.69) is 10.2 Å². The molecule has 4 nitrogen and oxygen atoms in total. The zero-order valence-electron chi connectivity index (χ0n) is 9.90. The van der Waals surface area contributed by atoms with Crippen LogP contribution in [0.3, 0.4) is 0 Å². The van der Waals surface area contributed by atoms with E-state index in [4.69, 9.17) is 5.11 Å². The highest BCUT2D eigenvalue weighted by Crippen LogP contribution is 2.31. The van der Waals surface area contributed by atoms with Gasteiger partial charge in [0.25, 0.3) is 0 Å². The van der Waals surface area contributed by atoms with Crippen LogP contribution in [0.15, 0.2) is 26.9 Å². The fraction of sp³-hybridized carbons (Fsp3) is 0.182. The van der Waals surface area contributed by atoms with Crippen LogP contribution in [0.1, 0.15) is 9.75 Å². The first kappa shape index (κ1) is 14.6. The molecular weight excluding hydrogens is 320 g/mol. The molecule has 0 unspecified atom stereocenters. The summed E-state index contributed by atoms with van der Waals surface area (Å²) in [6, 6.07) is 3.93. The molecule has 2 aromatic heterocycles. The van der Waals surface area contributed by atoms with Crippen molar-refractivity contribution < 1.29 is 9.90 Å². The van der Waals surface area contributed by atoms with Crippen LogP contribution in [0, 0.1) is 0 Å². The Bertz CT molecular complexity index is 591. The predicted octanol–water partition coefficient (Wildman–Crippen LogP) is 3.71. The summed E-state index contributed by atoms with van der Waals surface area (Å²) in [7, 11) is 0. The van der Waals surface area contributed by atoms with Gasteiger partial charge < -0.3 is 5.11 Å². The molecule has 0 aromatic carbocycles. The van der Waals surface area contributed by atoms with Crippen LogP contribution >= 0.6 is 46.2 Å². The smallest absolute Gasteiger partial charge is 0.328 e. The Kier molecular flexibility index (Phi) is 5.44. The zero-order chi connectivity index (χ0) is 13.7. The highest BCUT2D eigenvalue weighted by Gasteiger charge is 2.05.